The van der Waals surface area contributed by atoms with Crippen LogP contribution in [0.2, 0.25) is 0 Å². The Hall–Kier alpha value is -1.32. The van der Waals surface area contributed by atoms with Crippen molar-refractivity contribution in [1.82, 2.24) is 4.90 Å². The molecule has 19 heavy (non-hydrogen) atoms. The van der Waals surface area contributed by atoms with Gasteiger partial charge in [-0.05, 0) is 46.1 Å². The van der Waals surface area contributed by atoms with Gasteiger partial charge in [0, 0.05) is 32.3 Å². The molecule has 0 saturated heterocycles. The highest BCUT2D eigenvalue weighted by molar-refractivity contribution is 6.06. The lowest BCUT2D eigenvalue weighted by Crippen LogP contribution is -2.26. The number of carbonyl (C=O) groups is 1. The lowest BCUT2D eigenvalue weighted by Gasteiger charge is -2.24. The number of ether oxygens (including phenoxy) is 1. The van der Waals surface area contributed by atoms with E-state index in [1.54, 1.807) is 0 Å². The van der Waals surface area contributed by atoms with Gasteiger partial charge in [0.1, 0.15) is 6.10 Å². The Morgan fingerprint density at radius 1 is 1.32 bits per heavy atom. The Morgan fingerprint density at radius 2 is 1.95 bits per heavy atom. The van der Waals surface area contributed by atoms with Gasteiger partial charge in [0.25, 0.3) is 0 Å². The van der Waals surface area contributed by atoms with Gasteiger partial charge in [0.15, 0.2) is 0 Å². The number of aliphatic imine (C=N–C) groups is 1. The molecule has 1 rings (SSSR count). The first-order chi connectivity index (χ1) is 9.04. The standard InChI is InChI=1S/C15H26N2O2/c1-6-16-15-13(11(4)17(7-2)8-3)9-10-14(15)19-12(5)18/h14H,6-10H2,1-5H3/b13-11+,16-15+. The Kier molecular flexibility index (Phi) is 6.06. The minimum atomic E-state index is -0.226. The van der Waals surface area contributed by atoms with Gasteiger partial charge in [-0.1, -0.05) is 0 Å². The number of allylic oxidation sites excluding steroid dienone is 1. The van der Waals surface area contributed by atoms with E-state index in [2.05, 4.69) is 30.7 Å². The number of esters is 1. The molecule has 4 heteroatoms. The summed E-state index contributed by atoms with van der Waals surface area (Å²) >= 11 is 0. The molecule has 0 aliphatic heterocycles. The summed E-state index contributed by atoms with van der Waals surface area (Å²) in [5.41, 5.74) is 3.51. The number of carbonyl (C=O) groups excluding carboxylic acids is 1. The van der Waals surface area contributed by atoms with E-state index in [4.69, 9.17) is 4.74 Å². The van der Waals surface area contributed by atoms with Crippen LogP contribution >= 0.6 is 0 Å². The van der Waals surface area contributed by atoms with Crippen molar-refractivity contribution in [2.45, 2.75) is 53.6 Å². The molecular formula is C15H26N2O2. The summed E-state index contributed by atoms with van der Waals surface area (Å²) in [6.45, 7) is 12.6. The van der Waals surface area contributed by atoms with Crippen molar-refractivity contribution in [3.8, 4) is 0 Å². The van der Waals surface area contributed by atoms with Crippen LogP contribution < -0.4 is 0 Å². The zero-order chi connectivity index (χ0) is 14.4. The third-order valence-electron chi connectivity index (χ3n) is 3.58. The van der Waals surface area contributed by atoms with Gasteiger partial charge in [-0.2, -0.15) is 0 Å². The van der Waals surface area contributed by atoms with Crippen molar-refractivity contribution in [2.75, 3.05) is 19.6 Å². The monoisotopic (exact) mass is 266 g/mol. The second kappa shape index (κ2) is 7.31. The Labute approximate surface area is 116 Å². The summed E-state index contributed by atoms with van der Waals surface area (Å²) in [5.74, 6) is -0.226. The van der Waals surface area contributed by atoms with Crippen LogP contribution in [0.1, 0.15) is 47.5 Å². The molecule has 0 heterocycles. The number of hydrogen-bond acceptors (Lipinski definition) is 4. The predicted molar refractivity (Wildman–Crippen MR) is 78.4 cm³/mol. The average molecular weight is 266 g/mol. The molecule has 0 aromatic carbocycles. The van der Waals surface area contributed by atoms with E-state index in [-0.39, 0.29) is 12.1 Å². The highest BCUT2D eigenvalue weighted by atomic mass is 16.5. The van der Waals surface area contributed by atoms with Gasteiger partial charge < -0.3 is 9.64 Å². The summed E-state index contributed by atoms with van der Waals surface area (Å²) < 4.78 is 5.38. The predicted octanol–water partition coefficient (Wildman–Crippen LogP) is 2.79. The SMILES string of the molecule is CC/N=C1\C(=C(/C)N(CC)CC)CCC1OC(C)=O. The fourth-order valence-electron chi connectivity index (χ4n) is 2.67. The van der Waals surface area contributed by atoms with Crippen LogP contribution in [0.3, 0.4) is 0 Å². The zero-order valence-electron chi connectivity index (χ0n) is 12.8. The van der Waals surface area contributed by atoms with E-state index in [1.165, 1.54) is 18.2 Å². The molecule has 1 aliphatic rings. The summed E-state index contributed by atoms with van der Waals surface area (Å²) in [6, 6.07) is 0. The Morgan fingerprint density at radius 3 is 2.42 bits per heavy atom. The quantitative estimate of drug-likeness (QED) is 0.719. The molecule has 1 atom stereocenters. The van der Waals surface area contributed by atoms with E-state index >= 15 is 0 Å². The highest BCUT2D eigenvalue weighted by Gasteiger charge is 2.31. The Balaban J connectivity index is 3.04. The summed E-state index contributed by atoms with van der Waals surface area (Å²) in [5, 5.41) is 0. The van der Waals surface area contributed by atoms with Crippen molar-refractivity contribution in [3.63, 3.8) is 0 Å². The first-order valence-electron chi connectivity index (χ1n) is 7.21. The lowest BCUT2D eigenvalue weighted by atomic mass is 10.1. The van der Waals surface area contributed by atoms with Crippen LogP contribution in [-0.4, -0.2) is 42.3 Å². The first-order valence-corrected chi connectivity index (χ1v) is 7.21. The van der Waals surface area contributed by atoms with E-state index in [0.29, 0.717) is 0 Å². The third kappa shape index (κ3) is 3.82. The van der Waals surface area contributed by atoms with Gasteiger partial charge in [-0.3, -0.25) is 9.79 Å². The summed E-state index contributed by atoms with van der Waals surface area (Å²) in [4.78, 5) is 18.1. The molecule has 0 N–H and O–H groups in total. The molecule has 1 fully saturated rings. The maximum absolute atomic E-state index is 11.2. The molecule has 1 unspecified atom stereocenters. The van der Waals surface area contributed by atoms with Crippen molar-refractivity contribution < 1.29 is 9.53 Å². The van der Waals surface area contributed by atoms with Crippen LogP contribution in [0, 0.1) is 0 Å². The maximum Gasteiger partial charge on any atom is 0.303 e. The van der Waals surface area contributed by atoms with Gasteiger partial charge in [0.05, 0.1) is 5.71 Å². The van der Waals surface area contributed by atoms with Crippen molar-refractivity contribution in [2.24, 2.45) is 4.99 Å². The molecule has 0 spiro atoms. The topological polar surface area (TPSA) is 41.9 Å². The van der Waals surface area contributed by atoms with Gasteiger partial charge in [-0.15, -0.1) is 0 Å². The van der Waals surface area contributed by atoms with Crippen LogP contribution in [-0.2, 0) is 9.53 Å². The molecule has 1 saturated carbocycles. The number of rotatable bonds is 5. The van der Waals surface area contributed by atoms with Gasteiger partial charge in [0.2, 0.25) is 0 Å². The molecule has 108 valence electrons. The highest BCUT2D eigenvalue weighted by Crippen LogP contribution is 2.29. The molecule has 0 aromatic heterocycles. The van der Waals surface area contributed by atoms with Crippen LogP contribution in [0.4, 0.5) is 0 Å². The van der Waals surface area contributed by atoms with Crippen molar-refractivity contribution >= 4 is 11.7 Å². The van der Waals surface area contributed by atoms with Crippen LogP contribution in [0.5, 0.6) is 0 Å². The normalized spacial score (nSPS) is 23.6. The minimum Gasteiger partial charge on any atom is -0.456 e. The second-order valence-electron chi connectivity index (χ2n) is 4.73. The fraction of sp³-hybridized carbons (Fsp3) is 0.733. The van der Waals surface area contributed by atoms with Gasteiger partial charge in [-0.25, -0.2) is 0 Å². The molecular weight excluding hydrogens is 240 g/mol. The van der Waals surface area contributed by atoms with Crippen LogP contribution in [0.25, 0.3) is 0 Å². The fourth-order valence-corrected chi connectivity index (χ4v) is 2.67. The van der Waals surface area contributed by atoms with E-state index in [1.807, 2.05) is 6.92 Å². The van der Waals surface area contributed by atoms with Crippen LogP contribution in [0.15, 0.2) is 16.3 Å². The average Bonchev–Trinajstić information content (AvgIpc) is 2.73. The molecule has 0 bridgehead atoms. The maximum atomic E-state index is 11.2. The first kappa shape index (κ1) is 15.7. The Bertz CT molecular complexity index is 382. The van der Waals surface area contributed by atoms with Crippen molar-refractivity contribution in [3.05, 3.63) is 11.3 Å². The minimum absolute atomic E-state index is 0.155. The van der Waals surface area contributed by atoms with E-state index < -0.39 is 0 Å². The van der Waals surface area contributed by atoms with E-state index in [9.17, 15) is 4.79 Å². The van der Waals surface area contributed by atoms with E-state index in [0.717, 1.165) is 38.2 Å². The third-order valence-corrected chi connectivity index (χ3v) is 3.58. The summed E-state index contributed by atoms with van der Waals surface area (Å²) in [6.07, 6.45) is 1.64. The number of hydrogen-bond donors (Lipinski definition) is 0. The largest absolute Gasteiger partial charge is 0.456 e. The lowest BCUT2D eigenvalue weighted by molar-refractivity contribution is -0.143. The smallest absolute Gasteiger partial charge is 0.303 e. The molecule has 4 nitrogen and oxygen atoms in total. The zero-order valence-corrected chi connectivity index (χ0v) is 12.8. The molecule has 0 aromatic rings. The molecule has 0 amide bonds. The van der Waals surface area contributed by atoms with Gasteiger partial charge >= 0.3 is 5.97 Å². The summed E-state index contributed by atoms with van der Waals surface area (Å²) in [7, 11) is 0. The molecule has 1 aliphatic carbocycles. The van der Waals surface area contributed by atoms with Crippen molar-refractivity contribution in [1.29, 1.82) is 0 Å². The number of nitrogens with zero attached hydrogens (tertiary/aromatic N) is 2. The second-order valence-corrected chi connectivity index (χ2v) is 4.73. The molecule has 0 radical (unpaired) electrons.